The Morgan fingerprint density at radius 2 is 2.08 bits per heavy atom. The van der Waals surface area contributed by atoms with Gasteiger partial charge in [0.05, 0.1) is 0 Å². The molecular formula is C11H20N2. The molecule has 0 aromatic heterocycles. The Balaban J connectivity index is 2.09. The van der Waals surface area contributed by atoms with E-state index >= 15 is 0 Å². The molecule has 1 atom stereocenters. The minimum Gasteiger partial charge on any atom is -0.370 e. The van der Waals surface area contributed by atoms with Crippen LogP contribution in [0.5, 0.6) is 0 Å². The summed E-state index contributed by atoms with van der Waals surface area (Å²) in [6.45, 7) is 12.5. The molecule has 13 heavy (non-hydrogen) atoms. The molecule has 2 rings (SSSR count). The summed E-state index contributed by atoms with van der Waals surface area (Å²) in [7, 11) is 0. The van der Waals surface area contributed by atoms with E-state index in [1.54, 1.807) is 0 Å². The summed E-state index contributed by atoms with van der Waals surface area (Å²) in [4.78, 5) is 5.05. The Morgan fingerprint density at radius 1 is 1.31 bits per heavy atom. The molecular weight excluding hydrogens is 160 g/mol. The SMILES string of the molecule is C=C1C2CCCN2CCN1C(C)C. The lowest BCUT2D eigenvalue weighted by atomic mass is 10.1. The van der Waals surface area contributed by atoms with Crippen molar-refractivity contribution in [1.29, 1.82) is 0 Å². The van der Waals surface area contributed by atoms with Crippen LogP contribution in [-0.4, -0.2) is 41.5 Å². The molecule has 0 aromatic rings. The molecule has 0 amide bonds. The molecule has 2 fully saturated rings. The maximum atomic E-state index is 4.24. The van der Waals surface area contributed by atoms with E-state index in [2.05, 4.69) is 30.2 Å². The van der Waals surface area contributed by atoms with Gasteiger partial charge in [0.25, 0.3) is 0 Å². The van der Waals surface area contributed by atoms with Crippen LogP contribution < -0.4 is 0 Å². The first kappa shape index (κ1) is 9.07. The molecule has 0 radical (unpaired) electrons. The van der Waals surface area contributed by atoms with E-state index in [4.69, 9.17) is 0 Å². The van der Waals surface area contributed by atoms with Crippen molar-refractivity contribution in [3.05, 3.63) is 12.3 Å². The zero-order valence-electron chi connectivity index (χ0n) is 8.79. The minimum absolute atomic E-state index is 0.621. The number of nitrogens with zero attached hydrogens (tertiary/aromatic N) is 2. The summed E-state index contributed by atoms with van der Waals surface area (Å²) in [6, 6.07) is 1.28. The fourth-order valence-electron chi connectivity index (χ4n) is 2.63. The van der Waals surface area contributed by atoms with Gasteiger partial charge in [-0.2, -0.15) is 0 Å². The number of hydrogen-bond acceptors (Lipinski definition) is 2. The van der Waals surface area contributed by atoms with Crippen molar-refractivity contribution in [2.24, 2.45) is 0 Å². The Morgan fingerprint density at radius 3 is 2.77 bits per heavy atom. The van der Waals surface area contributed by atoms with E-state index in [9.17, 15) is 0 Å². The van der Waals surface area contributed by atoms with Crippen LogP contribution in [0.4, 0.5) is 0 Å². The van der Waals surface area contributed by atoms with Gasteiger partial charge in [-0.25, -0.2) is 0 Å². The van der Waals surface area contributed by atoms with Crippen molar-refractivity contribution in [2.45, 2.75) is 38.8 Å². The van der Waals surface area contributed by atoms with Gasteiger partial charge in [0, 0.05) is 30.9 Å². The molecule has 0 saturated carbocycles. The van der Waals surface area contributed by atoms with E-state index in [0.717, 1.165) is 0 Å². The van der Waals surface area contributed by atoms with Gasteiger partial charge < -0.3 is 4.90 Å². The largest absolute Gasteiger partial charge is 0.370 e. The number of piperazine rings is 1. The molecule has 2 nitrogen and oxygen atoms in total. The molecule has 2 saturated heterocycles. The third-order valence-corrected chi connectivity index (χ3v) is 3.37. The second-order valence-corrected chi connectivity index (χ2v) is 4.47. The maximum Gasteiger partial charge on any atom is 0.0492 e. The third kappa shape index (κ3) is 1.48. The first-order chi connectivity index (χ1) is 6.20. The zero-order chi connectivity index (χ0) is 9.42. The molecule has 2 heteroatoms. The summed E-state index contributed by atoms with van der Waals surface area (Å²) in [5, 5.41) is 0. The third-order valence-electron chi connectivity index (χ3n) is 3.37. The molecule has 1 unspecified atom stereocenters. The highest BCUT2D eigenvalue weighted by atomic mass is 15.3. The summed E-state index contributed by atoms with van der Waals surface area (Å²) in [5.74, 6) is 0. The first-order valence-corrected chi connectivity index (χ1v) is 5.39. The Labute approximate surface area is 81.2 Å². The molecule has 74 valence electrons. The van der Waals surface area contributed by atoms with E-state index in [1.165, 1.54) is 38.2 Å². The lowest BCUT2D eigenvalue weighted by Gasteiger charge is -2.42. The van der Waals surface area contributed by atoms with Crippen LogP contribution in [0, 0.1) is 0 Å². The normalized spacial score (nSPS) is 29.9. The molecule has 0 bridgehead atoms. The fourth-order valence-corrected chi connectivity index (χ4v) is 2.63. The van der Waals surface area contributed by atoms with Crippen molar-refractivity contribution < 1.29 is 0 Å². The first-order valence-electron chi connectivity index (χ1n) is 5.39. The summed E-state index contributed by atoms with van der Waals surface area (Å²) in [5.41, 5.74) is 1.36. The summed E-state index contributed by atoms with van der Waals surface area (Å²) < 4.78 is 0. The molecule has 2 heterocycles. The predicted octanol–water partition coefficient (Wildman–Crippen LogP) is 1.69. The molecule has 0 aliphatic carbocycles. The average Bonchev–Trinajstić information content (AvgIpc) is 2.52. The number of rotatable bonds is 1. The van der Waals surface area contributed by atoms with Gasteiger partial charge in [0.15, 0.2) is 0 Å². The standard InChI is InChI=1S/C11H20N2/c1-9(2)13-8-7-12-6-4-5-11(12)10(13)3/h9,11H,3-8H2,1-2H3. The van der Waals surface area contributed by atoms with Crippen molar-refractivity contribution in [1.82, 2.24) is 9.80 Å². The van der Waals surface area contributed by atoms with Crippen LogP contribution in [0.1, 0.15) is 26.7 Å². The fraction of sp³-hybridized carbons (Fsp3) is 0.818. The van der Waals surface area contributed by atoms with Gasteiger partial charge >= 0.3 is 0 Å². The van der Waals surface area contributed by atoms with E-state index in [-0.39, 0.29) is 0 Å². The number of fused-ring (bicyclic) bond motifs is 1. The zero-order valence-corrected chi connectivity index (χ0v) is 8.79. The smallest absolute Gasteiger partial charge is 0.0492 e. The molecule has 2 aliphatic rings. The van der Waals surface area contributed by atoms with Crippen molar-refractivity contribution >= 4 is 0 Å². The van der Waals surface area contributed by atoms with Crippen LogP contribution >= 0.6 is 0 Å². The molecule has 0 aromatic carbocycles. The van der Waals surface area contributed by atoms with Crippen LogP contribution in [-0.2, 0) is 0 Å². The van der Waals surface area contributed by atoms with E-state index in [0.29, 0.717) is 12.1 Å². The van der Waals surface area contributed by atoms with Gasteiger partial charge in [-0.3, -0.25) is 4.90 Å². The monoisotopic (exact) mass is 180 g/mol. The highest BCUT2D eigenvalue weighted by Crippen LogP contribution is 2.29. The second kappa shape index (κ2) is 3.33. The van der Waals surface area contributed by atoms with Crippen LogP contribution in [0.2, 0.25) is 0 Å². The van der Waals surface area contributed by atoms with E-state index in [1.807, 2.05) is 0 Å². The second-order valence-electron chi connectivity index (χ2n) is 4.47. The highest BCUT2D eigenvalue weighted by Gasteiger charge is 2.33. The van der Waals surface area contributed by atoms with Crippen LogP contribution in [0.25, 0.3) is 0 Å². The highest BCUT2D eigenvalue weighted by molar-refractivity contribution is 5.11. The van der Waals surface area contributed by atoms with Crippen LogP contribution in [0.15, 0.2) is 12.3 Å². The van der Waals surface area contributed by atoms with Gasteiger partial charge in [-0.1, -0.05) is 6.58 Å². The van der Waals surface area contributed by atoms with Gasteiger partial charge in [0.2, 0.25) is 0 Å². The number of hydrogen-bond donors (Lipinski definition) is 0. The lowest BCUT2D eigenvalue weighted by molar-refractivity contribution is 0.133. The van der Waals surface area contributed by atoms with Crippen LogP contribution in [0.3, 0.4) is 0 Å². The maximum absolute atomic E-state index is 4.24. The lowest BCUT2D eigenvalue weighted by Crippen LogP contribution is -2.50. The Bertz CT molecular complexity index is 206. The minimum atomic E-state index is 0.621. The molecule has 0 spiro atoms. The molecule has 2 aliphatic heterocycles. The topological polar surface area (TPSA) is 6.48 Å². The average molecular weight is 180 g/mol. The van der Waals surface area contributed by atoms with Gasteiger partial charge in [0.1, 0.15) is 0 Å². The van der Waals surface area contributed by atoms with Gasteiger partial charge in [-0.05, 0) is 33.2 Å². The van der Waals surface area contributed by atoms with Crippen molar-refractivity contribution in [2.75, 3.05) is 19.6 Å². The predicted molar refractivity (Wildman–Crippen MR) is 55.6 cm³/mol. The Hall–Kier alpha value is -0.500. The summed E-state index contributed by atoms with van der Waals surface area (Å²) in [6.07, 6.45) is 2.68. The van der Waals surface area contributed by atoms with E-state index < -0.39 is 0 Å². The summed E-state index contributed by atoms with van der Waals surface area (Å²) >= 11 is 0. The quantitative estimate of drug-likeness (QED) is 0.606. The molecule has 0 N–H and O–H groups in total. The Kier molecular flexibility index (Phi) is 2.33. The van der Waals surface area contributed by atoms with Gasteiger partial charge in [-0.15, -0.1) is 0 Å². The van der Waals surface area contributed by atoms with Crippen molar-refractivity contribution in [3.8, 4) is 0 Å². The van der Waals surface area contributed by atoms with Crippen molar-refractivity contribution in [3.63, 3.8) is 0 Å².